The van der Waals surface area contributed by atoms with E-state index in [2.05, 4.69) is 0 Å². The number of ether oxygens (including phenoxy) is 1. The van der Waals surface area contributed by atoms with E-state index in [1.165, 1.54) is 6.07 Å². The van der Waals surface area contributed by atoms with Gasteiger partial charge in [0.2, 0.25) is 0 Å². The Balaban J connectivity index is 2.05. The number of aliphatic hydroxyl groups is 1. The molecule has 2 aromatic carbocycles. The van der Waals surface area contributed by atoms with Crippen molar-refractivity contribution in [1.29, 1.82) is 5.26 Å². The molecule has 0 aliphatic heterocycles. The third-order valence-electron chi connectivity index (χ3n) is 2.72. The summed E-state index contributed by atoms with van der Waals surface area (Å²) in [5.41, 5.74) is 0.0548. The molecule has 0 amide bonds. The second-order valence-electron chi connectivity index (χ2n) is 4.10. The first-order chi connectivity index (χ1) is 9.61. The molecule has 0 aliphatic rings. The maximum atomic E-state index is 13.4. The van der Waals surface area contributed by atoms with Crippen molar-refractivity contribution < 1.29 is 18.6 Å². The minimum atomic E-state index is -1.41. The first kappa shape index (κ1) is 14.0. The second-order valence-corrected chi connectivity index (χ2v) is 4.10. The molecule has 0 bridgehead atoms. The zero-order valence-corrected chi connectivity index (χ0v) is 10.4. The second kappa shape index (κ2) is 6.13. The summed E-state index contributed by atoms with van der Waals surface area (Å²) in [6.07, 6.45) is -1.41. The van der Waals surface area contributed by atoms with Crippen molar-refractivity contribution in [3.8, 4) is 11.8 Å². The van der Waals surface area contributed by atoms with E-state index in [-0.39, 0.29) is 6.61 Å². The fourth-order valence-corrected chi connectivity index (χ4v) is 1.71. The average molecular weight is 275 g/mol. The topological polar surface area (TPSA) is 53.2 Å². The largest absolute Gasteiger partial charge is 0.491 e. The molecule has 20 heavy (non-hydrogen) atoms. The van der Waals surface area contributed by atoms with Crippen LogP contribution < -0.4 is 4.74 Å². The number of benzene rings is 2. The van der Waals surface area contributed by atoms with Crippen LogP contribution in [0.4, 0.5) is 8.78 Å². The van der Waals surface area contributed by atoms with Crippen molar-refractivity contribution in [3.63, 3.8) is 0 Å². The van der Waals surface area contributed by atoms with Crippen LogP contribution in [0.3, 0.4) is 0 Å². The van der Waals surface area contributed by atoms with Gasteiger partial charge in [-0.1, -0.05) is 6.07 Å². The molecule has 2 rings (SSSR count). The smallest absolute Gasteiger partial charge is 0.132 e. The third-order valence-corrected chi connectivity index (χ3v) is 2.72. The number of hydrogen-bond acceptors (Lipinski definition) is 3. The van der Waals surface area contributed by atoms with E-state index in [0.29, 0.717) is 11.3 Å². The predicted molar refractivity (Wildman–Crippen MR) is 68.0 cm³/mol. The Labute approximate surface area is 114 Å². The van der Waals surface area contributed by atoms with Crippen LogP contribution in [0.1, 0.15) is 17.2 Å². The molecule has 5 heteroatoms. The molecule has 0 aromatic heterocycles. The van der Waals surface area contributed by atoms with Crippen molar-refractivity contribution in [3.05, 3.63) is 65.2 Å². The number of nitriles is 1. The molecule has 1 atom stereocenters. The van der Waals surface area contributed by atoms with Gasteiger partial charge in [-0.05, 0) is 36.4 Å². The Morgan fingerprint density at radius 3 is 2.25 bits per heavy atom. The van der Waals surface area contributed by atoms with Crippen LogP contribution in [-0.2, 0) is 0 Å². The van der Waals surface area contributed by atoms with Gasteiger partial charge in [0, 0.05) is 0 Å². The van der Waals surface area contributed by atoms with E-state index in [1.54, 1.807) is 24.3 Å². The van der Waals surface area contributed by atoms with E-state index in [9.17, 15) is 13.9 Å². The van der Waals surface area contributed by atoms with Crippen molar-refractivity contribution in [2.75, 3.05) is 6.61 Å². The molecule has 0 saturated carbocycles. The summed E-state index contributed by atoms with van der Waals surface area (Å²) in [5, 5.41) is 18.4. The molecule has 1 unspecified atom stereocenters. The molecule has 102 valence electrons. The molecular formula is C15H11F2NO2. The van der Waals surface area contributed by atoms with Gasteiger partial charge in [-0.15, -0.1) is 0 Å². The molecular weight excluding hydrogens is 264 g/mol. The molecule has 0 aliphatic carbocycles. The van der Waals surface area contributed by atoms with Crippen LogP contribution in [0.2, 0.25) is 0 Å². The Kier molecular flexibility index (Phi) is 4.28. The molecule has 0 spiro atoms. The summed E-state index contributed by atoms with van der Waals surface area (Å²) in [5.74, 6) is -1.23. The lowest BCUT2D eigenvalue weighted by Gasteiger charge is -2.14. The van der Waals surface area contributed by atoms with Crippen molar-refractivity contribution in [2.45, 2.75) is 6.10 Å². The van der Waals surface area contributed by atoms with Gasteiger partial charge in [0.1, 0.15) is 30.1 Å². The van der Waals surface area contributed by atoms with E-state index in [1.807, 2.05) is 6.07 Å². The van der Waals surface area contributed by atoms with Crippen molar-refractivity contribution in [1.82, 2.24) is 0 Å². The Morgan fingerprint density at radius 2 is 1.70 bits per heavy atom. The lowest BCUT2D eigenvalue weighted by atomic mass is 10.1. The van der Waals surface area contributed by atoms with Crippen LogP contribution in [0.15, 0.2) is 42.5 Å². The summed E-state index contributed by atoms with van der Waals surface area (Å²) in [6, 6.07) is 11.5. The van der Waals surface area contributed by atoms with E-state index in [4.69, 9.17) is 10.00 Å². The van der Waals surface area contributed by atoms with Gasteiger partial charge in [0.15, 0.2) is 0 Å². The Bertz CT molecular complexity index is 615. The van der Waals surface area contributed by atoms with Crippen LogP contribution in [0.25, 0.3) is 0 Å². The fraction of sp³-hybridized carbons (Fsp3) is 0.133. The summed E-state index contributed by atoms with van der Waals surface area (Å²) in [4.78, 5) is 0. The van der Waals surface area contributed by atoms with Crippen molar-refractivity contribution in [2.24, 2.45) is 0 Å². The minimum absolute atomic E-state index is 0.288. The van der Waals surface area contributed by atoms with Gasteiger partial charge in [-0.25, -0.2) is 8.78 Å². The molecule has 2 aromatic rings. The zero-order valence-electron chi connectivity index (χ0n) is 10.4. The molecule has 3 nitrogen and oxygen atoms in total. The number of aliphatic hydroxyl groups excluding tert-OH is 1. The SMILES string of the molecule is N#Cc1ccc(OCC(O)c2c(F)cccc2F)cc1. The van der Waals surface area contributed by atoms with Gasteiger partial charge in [0.05, 0.1) is 17.2 Å². The third kappa shape index (κ3) is 3.11. The standard InChI is InChI=1S/C15H11F2NO2/c16-12-2-1-3-13(17)15(12)14(19)9-20-11-6-4-10(8-18)5-7-11/h1-7,14,19H,9H2. The van der Waals surface area contributed by atoms with Crippen molar-refractivity contribution >= 4 is 0 Å². The predicted octanol–water partition coefficient (Wildman–Crippen LogP) is 2.95. The first-order valence-corrected chi connectivity index (χ1v) is 5.86. The van der Waals surface area contributed by atoms with Gasteiger partial charge < -0.3 is 9.84 Å². The van der Waals surface area contributed by atoms with E-state index < -0.39 is 23.3 Å². The Morgan fingerprint density at radius 1 is 1.10 bits per heavy atom. The minimum Gasteiger partial charge on any atom is -0.491 e. The Hall–Kier alpha value is -2.45. The normalized spacial score (nSPS) is 11.7. The van der Waals surface area contributed by atoms with Gasteiger partial charge >= 0.3 is 0 Å². The highest BCUT2D eigenvalue weighted by atomic mass is 19.1. The number of halogens is 2. The summed E-state index contributed by atoms with van der Waals surface area (Å²) < 4.78 is 32.1. The zero-order chi connectivity index (χ0) is 14.5. The van der Waals surface area contributed by atoms with Crippen LogP contribution >= 0.6 is 0 Å². The molecule has 0 heterocycles. The fourth-order valence-electron chi connectivity index (χ4n) is 1.71. The molecule has 0 saturated heterocycles. The van der Waals surface area contributed by atoms with Crippen LogP contribution in [0, 0.1) is 23.0 Å². The average Bonchev–Trinajstić information content (AvgIpc) is 2.45. The summed E-state index contributed by atoms with van der Waals surface area (Å²) in [7, 11) is 0. The maximum Gasteiger partial charge on any atom is 0.132 e. The summed E-state index contributed by atoms with van der Waals surface area (Å²) in [6.45, 7) is -0.288. The lowest BCUT2D eigenvalue weighted by molar-refractivity contribution is 0.101. The highest BCUT2D eigenvalue weighted by Gasteiger charge is 2.18. The monoisotopic (exact) mass is 275 g/mol. The molecule has 0 radical (unpaired) electrons. The number of hydrogen-bond donors (Lipinski definition) is 1. The van der Waals surface area contributed by atoms with E-state index in [0.717, 1.165) is 12.1 Å². The summed E-state index contributed by atoms with van der Waals surface area (Å²) >= 11 is 0. The van der Waals surface area contributed by atoms with Crippen LogP contribution in [-0.4, -0.2) is 11.7 Å². The highest BCUT2D eigenvalue weighted by molar-refractivity contribution is 5.34. The maximum absolute atomic E-state index is 13.4. The van der Waals surface area contributed by atoms with Crippen LogP contribution in [0.5, 0.6) is 5.75 Å². The highest BCUT2D eigenvalue weighted by Crippen LogP contribution is 2.22. The van der Waals surface area contributed by atoms with Gasteiger partial charge in [-0.3, -0.25) is 0 Å². The molecule has 1 N–H and O–H groups in total. The first-order valence-electron chi connectivity index (χ1n) is 5.86. The lowest BCUT2D eigenvalue weighted by Crippen LogP contribution is -2.13. The number of rotatable bonds is 4. The van der Waals surface area contributed by atoms with E-state index >= 15 is 0 Å². The van der Waals surface area contributed by atoms with Gasteiger partial charge in [0.25, 0.3) is 0 Å². The number of nitrogens with zero attached hydrogens (tertiary/aromatic N) is 1. The quantitative estimate of drug-likeness (QED) is 0.933. The molecule has 0 fully saturated rings. The van der Waals surface area contributed by atoms with Gasteiger partial charge in [-0.2, -0.15) is 5.26 Å².